The van der Waals surface area contributed by atoms with Gasteiger partial charge >= 0.3 is 5.97 Å². The molecule has 0 radical (unpaired) electrons. The van der Waals surface area contributed by atoms with Gasteiger partial charge < -0.3 is 9.30 Å². The fourth-order valence-corrected chi connectivity index (χ4v) is 2.96. The average molecular weight is 308 g/mol. The number of rotatable bonds is 4. The Morgan fingerprint density at radius 3 is 2.81 bits per heavy atom. The minimum atomic E-state index is -0.925. The zero-order chi connectivity index (χ0) is 15.6. The number of ether oxygens (including phenoxy) is 1. The first kappa shape index (κ1) is 15.4. The molecule has 0 unspecified atom stereocenters. The summed E-state index contributed by atoms with van der Waals surface area (Å²) in [6, 6.07) is 2.81. The molecule has 0 bridgehead atoms. The Bertz CT molecular complexity index is 620. The van der Waals surface area contributed by atoms with E-state index in [2.05, 4.69) is 4.74 Å². The Morgan fingerprint density at radius 2 is 2.19 bits per heavy atom. The number of amides is 2. The molecular formula is C14H16N2O4S. The number of thioether (sulfide) groups is 1. The molecule has 0 saturated carbocycles. The van der Waals surface area contributed by atoms with Crippen molar-refractivity contribution >= 4 is 35.0 Å². The van der Waals surface area contributed by atoms with E-state index in [-0.39, 0.29) is 0 Å². The van der Waals surface area contributed by atoms with Gasteiger partial charge in [-0.1, -0.05) is 0 Å². The molecule has 21 heavy (non-hydrogen) atoms. The predicted octanol–water partition coefficient (Wildman–Crippen LogP) is 2.11. The van der Waals surface area contributed by atoms with E-state index < -0.39 is 23.2 Å². The lowest BCUT2D eigenvalue weighted by molar-refractivity contribution is -0.148. The molecular weight excluding hydrogens is 292 g/mol. The molecule has 1 aromatic heterocycles. The van der Waals surface area contributed by atoms with E-state index in [0.29, 0.717) is 4.91 Å². The number of methoxy groups -OCH3 is 1. The van der Waals surface area contributed by atoms with Gasteiger partial charge in [-0.05, 0) is 43.8 Å². The summed E-state index contributed by atoms with van der Waals surface area (Å²) in [7, 11) is 1.22. The topological polar surface area (TPSA) is 68.6 Å². The molecule has 2 rings (SSSR count). The van der Waals surface area contributed by atoms with Gasteiger partial charge in [-0.2, -0.15) is 0 Å². The number of hydrogen-bond acceptors (Lipinski definition) is 5. The average Bonchev–Trinajstić information content (AvgIpc) is 3.02. The van der Waals surface area contributed by atoms with Crippen LogP contribution in [0.5, 0.6) is 0 Å². The number of imide groups is 1. The highest BCUT2D eigenvalue weighted by atomic mass is 32.2. The van der Waals surface area contributed by atoms with Gasteiger partial charge in [0.1, 0.15) is 6.04 Å². The first-order valence-electron chi connectivity index (χ1n) is 6.49. The monoisotopic (exact) mass is 308 g/mol. The highest BCUT2D eigenvalue weighted by molar-refractivity contribution is 8.18. The fraction of sp³-hybridized carbons (Fsp3) is 0.357. The summed E-state index contributed by atoms with van der Waals surface area (Å²) in [6.07, 6.45) is 3.56. The fourth-order valence-electron chi connectivity index (χ4n) is 2.07. The molecule has 112 valence electrons. The normalized spacial score (nSPS) is 18.4. The van der Waals surface area contributed by atoms with E-state index in [1.807, 2.05) is 29.8 Å². The third-order valence-corrected chi connectivity index (χ3v) is 4.12. The van der Waals surface area contributed by atoms with Crippen molar-refractivity contribution in [3.63, 3.8) is 0 Å². The predicted molar refractivity (Wildman–Crippen MR) is 79.4 cm³/mol. The largest absolute Gasteiger partial charge is 0.467 e. The summed E-state index contributed by atoms with van der Waals surface area (Å²) in [5, 5.41) is -0.459. The van der Waals surface area contributed by atoms with Crippen molar-refractivity contribution in [2.45, 2.75) is 26.4 Å². The molecule has 1 aliphatic rings. The number of nitrogens with zero attached hydrogens (tertiary/aromatic N) is 2. The lowest BCUT2D eigenvalue weighted by Gasteiger charge is -2.18. The van der Waals surface area contributed by atoms with E-state index in [1.165, 1.54) is 14.0 Å². The smallest absolute Gasteiger partial charge is 0.328 e. The lowest BCUT2D eigenvalue weighted by atomic mass is 10.2. The van der Waals surface area contributed by atoms with Crippen molar-refractivity contribution < 1.29 is 19.1 Å². The van der Waals surface area contributed by atoms with Crippen molar-refractivity contribution in [2.24, 2.45) is 0 Å². The summed E-state index contributed by atoms with van der Waals surface area (Å²) in [6.45, 7) is 4.23. The van der Waals surface area contributed by atoms with Gasteiger partial charge in [0.15, 0.2) is 0 Å². The van der Waals surface area contributed by atoms with Crippen LogP contribution in [0.15, 0.2) is 23.2 Å². The molecule has 1 aliphatic heterocycles. The number of carbonyl (C=O) groups is 3. The van der Waals surface area contributed by atoms with Gasteiger partial charge in [-0.3, -0.25) is 14.5 Å². The van der Waals surface area contributed by atoms with E-state index in [1.54, 1.807) is 6.08 Å². The molecule has 2 heterocycles. The summed E-state index contributed by atoms with van der Waals surface area (Å²) in [5.41, 5.74) is 0.841. The van der Waals surface area contributed by atoms with Crippen LogP contribution in [-0.4, -0.2) is 39.7 Å². The van der Waals surface area contributed by atoms with E-state index in [4.69, 9.17) is 0 Å². The third kappa shape index (κ3) is 2.87. The quantitative estimate of drug-likeness (QED) is 0.629. The highest BCUT2D eigenvalue weighted by Gasteiger charge is 2.41. The van der Waals surface area contributed by atoms with E-state index in [0.717, 1.165) is 28.9 Å². The zero-order valence-corrected chi connectivity index (χ0v) is 12.8. The second-order valence-electron chi connectivity index (χ2n) is 4.47. The van der Waals surface area contributed by atoms with Gasteiger partial charge in [-0.25, -0.2) is 4.79 Å². The number of carbonyl (C=O) groups excluding carboxylic acids is 3. The molecule has 0 aliphatic carbocycles. The van der Waals surface area contributed by atoms with Gasteiger partial charge in [0.05, 0.1) is 12.0 Å². The number of aryl methyl sites for hydroxylation is 1. The number of aromatic nitrogens is 1. The Kier molecular flexibility index (Phi) is 4.52. The van der Waals surface area contributed by atoms with Crippen LogP contribution in [0.25, 0.3) is 6.08 Å². The van der Waals surface area contributed by atoms with Crippen LogP contribution < -0.4 is 0 Å². The molecule has 7 heteroatoms. The standard InChI is InChI=1S/C14H16N2O4S/c1-4-15-7-5-6-10(15)8-11-12(17)16(14(19)21-11)9(2)13(18)20-3/h5-9H,4H2,1-3H3/b11-8+/t9-/m0/s1. The Balaban J connectivity index is 2.28. The highest BCUT2D eigenvalue weighted by Crippen LogP contribution is 2.33. The van der Waals surface area contributed by atoms with Crippen molar-refractivity contribution in [1.82, 2.24) is 9.47 Å². The Hall–Kier alpha value is -2.02. The molecule has 0 N–H and O–H groups in total. The van der Waals surface area contributed by atoms with Gasteiger partial charge in [0.25, 0.3) is 11.1 Å². The van der Waals surface area contributed by atoms with Crippen LogP contribution in [0.1, 0.15) is 19.5 Å². The minimum absolute atomic E-state index is 0.309. The number of hydrogen-bond donors (Lipinski definition) is 0. The zero-order valence-electron chi connectivity index (χ0n) is 12.0. The van der Waals surface area contributed by atoms with Gasteiger partial charge in [0.2, 0.25) is 0 Å². The summed E-state index contributed by atoms with van der Waals surface area (Å²) < 4.78 is 6.54. The molecule has 1 atom stereocenters. The molecule has 0 aromatic carbocycles. The second-order valence-corrected chi connectivity index (χ2v) is 5.46. The second kappa shape index (κ2) is 6.17. The molecule has 6 nitrogen and oxygen atoms in total. The lowest BCUT2D eigenvalue weighted by Crippen LogP contribution is -2.42. The molecule has 1 fully saturated rings. The van der Waals surface area contributed by atoms with Crippen LogP contribution >= 0.6 is 11.8 Å². The first-order chi connectivity index (χ1) is 9.99. The summed E-state index contributed by atoms with van der Waals surface area (Å²) in [5.74, 6) is -1.08. The minimum Gasteiger partial charge on any atom is -0.467 e. The van der Waals surface area contributed by atoms with Crippen LogP contribution in [-0.2, 0) is 20.9 Å². The number of esters is 1. The molecule has 0 spiro atoms. The maximum Gasteiger partial charge on any atom is 0.328 e. The SMILES string of the molecule is CCn1cccc1/C=C1/SC(=O)N([C@@H](C)C(=O)OC)C1=O. The van der Waals surface area contributed by atoms with Crippen molar-refractivity contribution in [2.75, 3.05) is 7.11 Å². The summed E-state index contributed by atoms with van der Waals surface area (Å²) in [4.78, 5) is 37.0. The molecule has 1 saturated heterocycles. The van der Waals surface area contributed by atoms with Gasteiger partial charge in [0, 0.05) is 18.4 Å². The first-order valence-corrected chi connectivity index (χ1v) is 7.31. The molecule has 1 aromatic rings. The third-order valence-electron chi connectivity index (χ3n) is 3.24. The van der Waals surface area contributed by atoms with E-state index >= 15 is 0 Å². The maximum atomic E-state index is 12.3. The summed E-state index contributed by atoms with van der Waals surface area (Å²) >= 11 is 0.833. The van der Waals surface area contributed by atoms with Crippen LogP contribution in [0.3, 0.4) is 0 Å². The molecule has 2 amide bonds. The van der Waals surface area contributed by atoms with Crippen LogP contribution in [0.4, 0.5) is 4.79 Å². The van der Waals surface area contributed by atoms with Crippen molar-refractivity contribution in [1.29, 1.82) is 0 Å². The Morgan fingerprint density at radius 1 is 1.48 bits per heavy atom. The van der Waals surface area contributed by atoms with E-state index in [9.17, 15) is 14.4 Å². The van der Waals surface area contributed by atoms with Gasteiger partial charge in [-0.15, -0.1) is 0 Å². The van der Waals surface area contributed by atoms with Crippen molar-refractivity contribution in [3.05, 3.63) is 28.9 Å². The van der Waals surface area contributed by atoms with Crippen molar-refractivity contribution in [3.8, 4) is 0 Å². The maximum absolute atomic E-state index is 12.3. The van der Waals surface area contributed by atoms with Crippen LogP contribution in [0, 0.1) is 0 Å². The van der Waals surface area contributed by atoms with Crippen LogP contribution in [0.2, 0.25) is 0 Å². The Labute approximate surface area is 126 Å².